The molecule has 1 amide bonds. The first kappa shape index (κ1) is 15.9. The molecule has 1 fully saturated rings. The fourth-order valence-electron chi connectivity index (χ4n) is 2.43. The number of amides is 1. The Morgan fingerprint density at radius 1 is 1.33 bits per heavy atom. The van der Waals surface area contributed by atoms with E-state index in [-0.39, 0.29) is 5.91 Å². The summed E-state index contributed by atoms with van der Waals surface area (Å²) in [6, 6.07) is 5.22. The quantitative estimate of drug-likeness (QED) is 0.847. The van der Waals surface area contributed by atoms with E-state index in [2.05, 4.69) is 5.32 Å². The van der Waals surface area contributed by atoms with Gasteiger partial charge in [-0.2, -0.15) is 0 Å². The van der Waals surface area contributed by atoms with Gasteiger partial charge in [0.25, 0.3) is 5.91 Å². The van der Waals surface area contributed by atoms with Crippen LogP contribution in [0.15, 0.2) is 18.2 Å². The molecule has 116 valence electrons. The highest BCUT2D eigenvalue weighted by molar-refractivity contribution is 6.19. The lowest BCUT2D eigenvalue weighted by Gasteiger charge is -2.36. The van der Waals surface area contributed by atoms with E-state index < -0.39 is 5.54 Å². The molecule has 1 aromatic rings. The van der Waals surface area contributed by atoms with Crippen LogP contribution >= 0.6 is 11.6 Å². The Bertz CT molecular complexity index is 500. The van der Waals surface area contributed by atoms with Gasteiger partial charge in [0.2, 0.25) is 0 Å². The van der Waals surface area contributed by atoms with E-state index in [1.165, 1.54) is 14.2 Å². The first-order chi connectivity index (χ1) is 10.2. The zero-order valence-electron chi connectivity index (χ0n) is 12.3. The topological polar surface area (TPSA) is 56.8 Å². The molecule has 0 bridgehead atoms. The molecule has 2 rings (SSSR count). The Morgan fingerprint density at radius 2 is 2.05 bits per heavy atom. The molecule has 1 aromatic carbocycles. The lowest BCUT2D eigenvalue weighted by molar-refractivity contribution is 0.0433. The predicted molar refractivity (Wildman–Crippen MR) is 80.5 cm³/mol. The maximum atomic E-state index is 12.6. The molecular formula is C15H20ClNO4. The van der Waals surface area contributed by atoms with E-state index in [1.54, 1.807) is 18.2 Å². The molecular weight excluding hydrogens is 294 g/mol. The fraction of sp³-hybridized carbons (Fsp3) is 0.533. The summed E-state index contributed by atoms with van der Waals surface area (Å²) in [5.74, 6) is 1.09. The van der Waals surface area contributed by atoms with Gasteiger partial charge in [-0.25, -0.2) is 0 Å². The average molecular weight is 314 g/mol. The second-order valence-electron chi connectivity index (χ2n) is 5.02. The van der Waals surface area contributed by atoms with Gasteiger partial charge in [-0.3, -0.25) is 4.79 Å². The summed E-state index contributed by atoms with van der Waals surface area (Å²) in [6.07, 6.45) is 1.41. The van der Waals surface area contributed by atoms with E-state index >= 15 is 0 Å². The summed E-state index contributed by atoms with van der Waals surface area (Å²) in [5, 5.41) is 3.04. The minimum Gasteiger partial charge on any atom is -0.493 e. The number of benzene rings is 1. The number of para-hydroxylation sites is 1. The van der Waals surface area contributed by atoms with Crippen molar-refractivity contribution in [3.63, 3.8) is 0 Å². The second-order valence-corrected chi connectivity index (χ2v) is 5.29. The van der Waals surface area contributed by atoms with Crippen molar-refractivity contribution in [3.05, 3.63) is 23.8 Å². The van der Waals surface area contributed by atoms with Crippen molar-refractivity contribution >= 4 is 17.5 Å². The number of carbonyl (C=O) groups excluding carboxylic acids is 1. The Kier molecular flexibility index (Phi) is 5.31. The first-order valence-corrected chi connectivity index (χ1v) is 7.36. The van der Waals surface area contributed by atoms with Crippen molar-refractivity contribution < 1.29 is 19.0 Å². The van der Waals surface area contributed by atoms with Gasteiger partial charge in [-0.15, -0.1) is 11.6 Å². The number of ether oxygens (including phenoxy) is 3. The molecule has 0 aliphatic carbocycles. The third-order valence-corrected chi connectivity index (χ3v) is 4.24. The summed E-state index contributed by atoms with van der Waals surface area (Å²) in [5.41, 5.74) is 0.0122. The van der Waals surface area contributed by atoms with Crippen LogP contribution in [0.4, 0.5) is 0 Å². The van der Waals surface area contributed by atoms with Gasteiger partial charge in [0.15, 0.2) is 11.5 Å². The van der Waals surface area contributed by atoms with Crippen LogP contribution in [-0.2, 0) is 4.74 Å². The molecule has 1 heterocycles. The molecule has 21 heavy (non-hydrogen) atoms. The molecule has 0 atom stereocenters. The molecule has 0 radical (unpaired) electrons. The van der Waals surface area contributed by atoms with Crippen LogP contribution in [0.25, 0.3) is 0 Å². The van der Waals surface area contributed by atoms with Crippen LogP contribution in [0.5, 0.6) is 11.5 Å². The van der Waals surface area contributed by atoms with Crippen LogP contribution in [0.3, 0.4) is 0 Å². The molecule has 6 heteroatoms. The Morgan fingerprint density at radius 3 is 2.62 bits per heavy atom. The van der Waals surface area contributed by atoms with Gasteiger partial charge >= 0.3 is 0 Å². The molecule has 1 aliphatic rings. The molecule has 0 aromatic heterocycles. The Labute approximate surface area is 129 Å². The summed E-state index contributed by atoms with van der Waals surface area (Å²) < 4.78 is 15.9. The molecule has 1 aliphatic heterocycles. The fourth-order valence-corrected chi connectivity index (χ4v) is 2.76. The van der Waals surface area contributed by atoms with Gasteiger partial charge in [0, 0.05) is 19.1 Å². The second kappa shape index (κ2) is 7.00. The molecule has 0 spiro atoms. The molecule has 0 saturated carbocycles. The lowest BCUT2D eigenvalue weighted by atomic mass is 9.91. The summed E-state index contributed by atoms with van der Waals surface area (Å²) in [4.78, 5) is 12.6. The SMILES string of the molecule is COc1cccc(C(=O)NC2(CCl)CCOCC2)c1OC. The molecule has 1 saturated heterocycles. The number of methoxy groups -OCH3 is 2. The summed E-state index contributed by atoms with van der Waals surface area (Å²) >= 11 is 6.07. The molecule has 5 nitrogen and oxygen atoms in total. The van der Waals surface area contributed by atoms with Gasteiger partial charge in [-0.05, 0) is 25.0 Å². The number of halogens is 1. The van der Waals surface area contributed by atoms with Crippen molar-refractivity contribution in [2.75, 3.05) is 33.3 Å². The van der Waals surface area contributed by atoms with Crippen molar-refractivity contribution in [3.8, 4) is 11.5 Å². The number of alkyl halides is 1. The normalized spacial score (nSPS) is 17.1. The third kappa shape index (κ3) is 3.41. The van der Waals surface area contributed by atoms with Crippen LogP contribution in [0, 0.1) is 0 Å². The minimum absolute atomic E-state index is 0.215. The van der Waals surface area contributed by atoms with Gasteiger partial charge < -0.3 is 19.5 Å². The highest BCUT2D eigenvalue weighted by Gasteiger charge is 2.34. The highest BCUT2D eigenvalue weighted by atomic mass is 35.5. The van der Waals surface area contributed by atoms with Gasteiger partial charge in [0.1, 0.15) is 0 Å². The zero-order chi connectivity index (χ0) is 15.3. The van der Waals surface area contributed by atoms with Crippen LogP contribution < -0.4 is 14.8 Å². The summed E-state index contributed by atoms with van der Waals surface area (Å²) in [6.45, 7) is 1.20. The molecule has 1 N–H and O–H groups in total. The smallest absolute Gasteiger partial charge is 0.255 e. The van der Waals surface area contributed by atoms with Crippen LogP contribution in [0.2, 0.25) is 0 Å². The van der Waals surface area contributed by atoms with Crippen LogP contribution in [0.1, 0.15) is 23.2 Å². The van der Waals surface area contributed by atoms with Crippen molar-refractivity contribution in [2.24, 2.45) is 0 Å². The highest BCUT2D eigenvalue weighted by Crippen LogP contribution is 2.31. The van der Waals surface area contributed by atoms with E-state index in [4.69, 9.17) is 25.8 Å². The third-order valence-electron chi connectivity index (χ3n) is 3.73. The van der Waals surface area contributed by atoms with Crippen molar-refractivity contribution in [2.45, 2.75) is 18.4 Å². The maximum Gasteiger partial charge on any atom is 0.255 e. The molecule has 0 unspecified atom stereocenters. The number of nitrogens with one attached hydrogen (secondary N) is 1. The van der Waals surface area contributed by atoms with E-state index in [1.807, 2.05) is 0 Å². The summed E-state index contributed by atoms with van der Waals surface area (Å²) in [7, 11) is 3.05. The van der Waals surface area contributed by atoms with E-state index in [0.717, 1.165) is 0 Å². The number of carbonyl (C=O) groups is 1. The number of hydrogen-bond acceptors (Lipinski definition) is 4. The number of rotatable bonds is 5. The van der Waals surface area contributed by atoms with Crippen molar-refractivity contribution in [1.82, 2.24) is 5.32 Å². The minimum atomic E-state index is -0.426. The first-order valence-electron chi connectivity index (χ1n) is 6.83. The van der Waals surface area contributed by atoms with E-state index in [0.29, 0.717) is 49.0 Å². The number of hydrogen-bond donors (Lipinski definition) is 1. The lowest BCUT2D eigenvalue weighted by Crippen LogP contribution is -2.53. The largest absolute Gasteiger partial charge is 0.493 e. The van der Waals surface area contributed by atoms with E-state index in [9.17, 15) is 4.79 Å². The average Bonchev–Trinajstić information content (AvgIpc) is 2.54. The van der Waals surface area contributed by atoms with Crippen LogP contribution in [-0.4, -0.2) is 44.8 Å². The maximum absolute atomic E-state index is 12.6. The zero-order valence-corrected chi connectivity index (χ0v) is 13.0. The Balaban J connectivity index is 2.23. The standard InChI is InChI=1S/C15H20ClNO4/c1-19-12-5-3-4-11(13(12)20-2)14(18)17-15(10-16)6-8-21-9-7-15/h3-5H,6-10H2,1-2H3,(H,17,18). The monoisotopic (exact) mass is 313 g/mol. The van der Waals surface area contributed by atoms with Gasteiger partial charge in [-0.1, -0.05) is 6.07 Å². The van der Waals surface area contributed by atoms with Gasteiger partial charge in [0.05, 0.1) is 25.3 Å². The van der Waals surface area contributed by atoms with Crippen molar-refractivity contribution in [1.29, 1.82) is 0 Å². The predicted octanol–water partition coefficient (Wildman–Crippen LogP) is 2.22. The Hall–Kier alpha value is -1.46.